The summed E-state index contributed by atoms with van der Waals surface area (Å²) in [5.74, 6) is 0.447. The zero-order valence-electron chi connectivity index (χ0n) is 13.4. The molecule has 1 amide bonds. The van der Waals surface area contributed by atoms with Crippen LogP contribution in [0.15, 0.2) is 0 Å². The summed E-state index contributed by atoms with van der Waals surface area (Å²) in [4.78, 5) is 15.4. The molecule has 0 aromatic heterocycles. The van der Waals surface area contributed by atoms with Crippen molar-refractivity contribution in [1.29, 1.82) is 0 Å². The number of rotatable bonds is 6. The SMILES string of the molecule is CC1CCN(CC(O)CN(CC(N)=O)C(C)(C)C)CC1. The standard InChI is InChI=1S/C15H31N3O2/c1-12-5-7-17(8-6-12)9-13(19)10-18(11-14(16)20)15(2,3)4/h12-13,19H,5-11H2,1-4H3,(H2,16,20). The van der Waals surface area contributed by atoms with E-state index in [4.69, 9.17) is 5.73 Å². The maximum absolute atomic E-state index is 11.2. The molecule has 0 spiro atoms. The maximum Gasteiger partial charge on any atom is 0.231 e. The van der Waals surface area contributed by atoms with Gasteiger partial charge in [-0.3, -0.25) is 9.69 Å². The Kier molecular flexibility index (Phi) is 6.43. The number of carbonyl (C=O) groups excluding carboxylic acids is 1. The molecular formula is C15H31N3O2. The van der Waals surface area contributed by atoms with Crippen LogP contribution in [0.1, 0.15) is 40.5 Å². The average Bonchev–Trinajstić information content (AvgIpc) is 2.29. The normalized spacial score (nSPS) is 20.3. The van der Waals surface area contributed by atoms with E-state index >= 15 is 0 Å². The Labute approximate surface area is 123 Å². The van der Waals surface area contributed by atoms with Gasteiger partial charge in [0.1, 0.15) is 0 Å². The molecule has 1 aliphatic heterocycles. The number of β-amino-alcohol motifs (C(OH)–C–C–N with tert-alkyl or cyclic N) is 1. The fourth-order valence-electron chi connectivity index (χ4n) is 2.62. The van der Waals surface area contributed by atoms with Crippen molar-refractivity contribution in [2.45, 2.75) is 52.2 Å². The largest absolute Gasteiger partial charge is 0.390 e. The van der Waals surface area contributed by atoms with E-state index < -0.39 is 6.10 Å². The molecule has 3 N–H and O–H groups in total. The van der Waals surface area contributed by atoms with Crippen molar-refractivity contribution in [3.63, 3.8) is 0 Å². The molecule has 0 aromatic carbocycles. The summed E-state index contributed by atoms with van der Waals surface area (Å²) in [7, 11) is 0. The number of aliphatic hydroxyl groups is 1. The zero-order chi connectivity index (χ0) is 15.3. The van der Waals surface area contributed by atoms with Gasteiger partial charge in [0.15, 0.2) is 0 Å². The van der Waals surface area contributed by atoms with E-state index in [2.05, 4.69) is 11.8 Å². The molecule has 1 atom stereocenters. The number of hydrogen-bond acceptors (Lipinski definition) is 4. The van der Waals surface area contributed by atoms with Gasteiger partial charge in [0.2, 0.25) is 5.91 Å². The minimum Gasteiger partial charge on any atom is -0.390 e. The van der Waals surface area contributed by atoms with Gasteiger partial charge in [0, 0.05) is 18.6 Å². The molecule has 0 bridgehead atoms. The topological polar surface area (TPSA) is 69.8 Å². The number of amides is 1. The van der Waals surface area contributed by atoms with Crippen molar-refractivity contribution in [1.82, 2.24) is 9.80 Å². The van der Waals surface area contributed by atoms with Gasteiger partial charge >= 0.3 is 0 Å². The minimum atomic E-state index is -0.443. The van der Waals surface area contributed by atoms with Gasteiger partial charge in [-0.25, -0.2) is 0 Å². The number of likely N-dealkylation sites (tertiary alicyclic amines) is 1. The van der Waals surface area contributed by atoms with E-state index in [0.717, 1.165) is 19.0 Å². The highest BCUT2D eigenvalue weighted by Gasteiger charge is 2.26. The van der Waals surface area contributed by atoms with Crippen molar-refractivity contribution in [3.8, 4) is 0 Å². The number of piperidine rings is 1. The summed E-state index contributed by atoms with van der Waals surface area (Å²) in [5, 5.41) is 10.3. The van der Waals surface area contributed by atoms with E-state index in [1.807, 2.05) is 25.7 Å². The Morgan fingerprint density at radius 1 is 1.40 bits per heavy atom. The fraction of sp³-hybridized carbons (Fsp3) is 0.933. The fourth-order valence-corrected chi connectivity index (χ4v) is 2.62. The van der Waals surface area contributed by atoms with Crippen LogP contribution >= 0.6 is 0 Å². The number of primary amides is 1. The monoisotopic (exact) mass is 285 g/mol. The summed E-state index contributed by atoms with van der Waals surface area (Å²) in [5.41, 5.74) is 5.12. The quantitative estimate of drug-likeness (QED) is 0.752. The summed E-state index contributed by atoms with van der Waals surface area (Å²) in [6, 6.07) is 0. The molecule has 1 fully saturated rings. The summed E-state index contributed by atoms with van der Waals surface area (Å²) in [6.45, 7) is 11.9. The van der Waals surface area contributed by atoms with Crippen molar-refractivity contribution in [2.24, 2.45) is 11.7 Å². The van der Waals surface area contributed by atoms with Crippen molar-refractivity contribution in [2.75, 3.05) is 32.7 Å². The number of nitrogens with zero attached hydrogens (tertiary/aromatic N) is 2. The lowest BCUT2D eigenvalue weighted by Gasteiger charge is -2.38. The number of carbonyl (C=O) groups is 1. The molecule has 1 unspecified atom stereocenters. The summed E-state index contributed by atoms with van der Waals surface area (Å²) >= 11 is 0. The molecule has 5 heteroatoms. The highest BCUT2D eigenvalue weighted by molar-refractivity contribution is 5.76. The molecule has 0 aromatic rings. The van der Waals surface area contributed by atoms with Crippen LogP contribution < -0.4 is 5.73 Å². The summed E-state index contributed by atoms with van der Waals surface area (Å²) in [6.07, 6.45) is 1.97. The lowest BCUT2D eigenvalue weighted by Crippen LogP contribution is -2.51. The van der Waals surface area contributed by atoms with Gasteiger partial charge < -0.3 is 15.7 Å². The number of aliphatic hydroxyl groups excluding tert-OH is 1. The highest BCUT2D eigenvalue weighted by Crippen LogP contribution is 2.17. The Hall–Kier alpha value is -0.650. The lowest BCUT2D eigenvalue weighted by atomic mass is 9.99. The van der Waals surface area contributed by atoms with Crippen molar-refractivity contribution < 1.29 is 9.90 Å². The Morgan fingerprint density at radius 2 is 1.95 bits per heavy atom. The second-order valence-electron chi connectivity index (χ2n) is 7.15. The molecule has 0 saturated carbocycles. The molecule has 20 heavy (non-hydrogen) atoms. The first kappa shape index (κ1) is 17.4. The molecule has 1 aliphatic rings. The lowest BCUT2D eigenvalue weighted by molar-refractivity contribution is -0.121. The Bertz CT molecular complexity index is 307. The Morgan fingerprint density at radius 3 is 2.40 bits per heavy atom. The molecule has 5 nitrogen and oxygen atoms in total. The van der Waals surface area contributed by atoms with Gasteiger partial charge in [-0.2, -0.15) is 0 Å². The third kappa shape index (κ3) is 6.20. The van der Waals surface area contributed by atoms with E-state index in [1.54, 1.807) is 0 Å². The van der Waals surface area contributed by atoms with Gasteiger partial charge in [-0.05, 0) is 52.6 Å². The van der Waals surface area contributed by atoms with Crippen LogP contribution in [0.25, 0.3) is 0 Å². The molecule has 0 aliphatic carbocycles. The van der Waals surface area contributed by atoms with Crippen LogP contribution in [0.2, 0.25) is 0 Å². The second-order valence-corrected chi connectivity index (χ2v) is 7.15. The van der Waals surface area contributed by atoms with Crippen molar-refractivity contribution >= 4 is 5.91 Å². The van der Waals surface area contributed by atoms with Crippen LogP contribution in [0.3, 0.4) is 0 Å². The van der Waals surface area contributed by atoms with Gasteiger partial charge in [-0.1, -0.05) is 6.92 Å². The molecule has 1 heterocycles. The van der Waals surface area contributed by atoms with Crippen LogP contribution in [0, 0.1) is 5.92 Å². The van der Waals surface area contributed by atoms with Crippen LogP contribution in [-0.4, -0.2) is 65.2 Å². The molecule has 1 saturated heterocycles. The van der Waals surface area contributed by atoms with E-state index in [-0.39, 0.29) is 18.0 Å². The van der Waals surface area contributed by atoms with E-state index in [9.17, 15) is 9.90 Å². The zero-order valence-corrected chi connectivity index (χ0v) is 13.4. The first-order valence-electron chi connectivity index (χ1n) is 7.62. The van der Waals surface area contributed by atoms with E-state index in [1.165, 1.54) is 12.8 Å². The van der Waals surface area contributed by atoms with Crippen LogP contribution in [-0.2, 0) is 4.79 Å². The van der Waals surface area contributed by atoms with Crippen molar-refractivity contribution in [3.05, 3.63) is 0 Å². The smallest absolute Gasteiger partial charge is 0.231 e. The molecule has 0 radical (unpaired) electrons. The van der Waals surface area contributed by atoms with Crippen LogP contribution in [0.5, 0.6) is 0 Å². The second kappa shape index (κ2) is 7.38. The number of nitrogens with two attached hydrogens (primary N) is 1. The number of hydrogen-bond donors (Lipinski definition) is 2. The Balaban J connectivity index is 2.45. The van der Waals surface area contributed by atoms with Gasteiger partial charge in [0.05, 0.1) is 12.6 Å². The van der Waals surface area contributed by atoms with Gasteiger partial charge in [0.25, 0.3) is 0 Å². The summed E-state index contributed by atoms with van der Waals surface area (Å²) < 4.78 is 0. The first-order valence-corrected chi connectivity index (χ1v) is 7.62. The maximum atomic E-state index is 11.2. The predicted octanol–water partition coefficient (Wildman–Crippen LogP) is 0.665. The van der Waals surface area contributed by atoms with E-state index in [0.29, 0.717) is 13.1 Å². The minimum absolute atomic E-state index is 0.174. The first-order chi connectivity index (χ1) is 9.18. The molecule has 1 rings (SSSR count). The highest BCUT2D eigenvalue weighted by atomic mass is 16.3. The van der Waals surface area contributed by atoms with Crippen LogP contribution in [0.4, 0.5) is 0 Å². The van der Waals surface area contributed by atoms with Gasteiger partial charge in [-0.15, -0.1) is 0 Å². The molecule has 118 valence electrons. The third-order valence-electron chi connectivity index (χ3n) is 4.07. The molecular weight excluding hydrogens is 254 g/mol. The average molecular weight is 285 g/mol. The third-order valence-corrected chi connectivity index (χ3v) is 4.07. The predicted molar refractivity (Wildman–Crippen MR) is 81.4 cm³/mol.